The van der Waals surface area contributed by atoms with Crippen molar-refractivity contribution in [1.29, 1.82) is 5.26 Å². The summed E-state index contributed by atoms with van der Waals surface area (Å²) in [4.78, 5) is 22.9. The molecule has 0 atom stereocenters. The molecule has 0 heterocycles. The molecule has 1 amide bonds. The molecule has 0 aliphatic rings. The third-order valence-electron chi connectivity index (χ3n) is 3.57. The van der Waals surface area contributed by atoms with Crippen LogP contribution in [0.25, 0.3) is 6.08 Å². The molecule has 0 saturated heterocycles. The van der Waals surface area contributed by atoms with Crippen LogP contribution in [0.1, 0.15) is 5.56 Å². The van der Waals surface area contributed by atoms with Crippen molar-refractivity contribution in [3.63, 3.8) is 0 Å². The Labute approximate surface area is 178 Å². The number of rotatable bonds is 7. The summed E-state index contributed by atoms with van der Waals surface area (Å²) < 4.78 is 34.2. The number of hydrogen-bond donors (Lipinski definition) is 1. The molecule has 0 aliphatic heterocycles. The smallest absolute Gasteiger partial charge is 0.387 e. The van der Waals surface area contributed by atoms with Crippen LogP contribution in [-0.2, 0) is 4.79 Å². The summed E-state index contributed by atoms with van der Waals surface area (Å²) in [7, 11) is 1.13. The first-order valence-corrected chi connectivity index (χ1v) is 8.61. The average molecular weight is 458 g/mol. The van der Waals surface area contributed by atoms with Crippen LogP contribution in [0, 0.1) is 21.4 Å². The highest BCUT2D eigenvalue weighted by molar-refractivity contribution is 6.36. The summed E-state index contributed by atoms with van der Waals surface area (Å²) in [5.41, 5.74) is -1.29. The van der Waals surface area contributed by atoms with Crippen molar-refractivity contribution >= 4 is 46.6 Å². The molecular weight excluding hydrogens is 447 g/mol. The van der Waals surface area contributed by atoms with Gasteiger partial charge in [-0.1, -0.05) is 23.2 Å². The standard InChI is InChI=1S/C18H11Cl2F2N3O5/c1-29-15-5-9(14(25(27)28)7-16(15)30-18(21)22)4-10(8-23)17(26)24-13-3-2-11(19)6-12(13)20/h2-7,18H,1H3,(H,24,26)/b10-4+. The molecule has 30 heavy (non-hydrogen) atoms. The Balaban J connectivity index is 2.48. The van der Waals surface area contributed by atoms with E-state index in [1.165, 1.54) is 18.2 Å². The summed E-state index contributed by atoms with van der Waals surface area (Å²) in [6.07, 6.45) is 0.909. The van der Waals surface area contributed by atoms with Crippen LogP contribution in [0.5, 0.6) is 11.5 Å². The zero-order valence-electron chi connectivity index (χ0n) is 15.0. The molecule has 12 heteroatoms. The van der Waals surface area contributed by atoms with Gasteiger partial charge < -0.3 is 14.8 Å². The number of hydrogen-bond acceptors (Lipinski definition) is 6. The van der Waals surface area contributed by atoms with Gasteiger partial charge in [0.2, 0.25) is 0 Å². The number of alkyl halides is 2. The van der Waals surface area contributed by atoms with Crippen LogP contribution in [0.2, 0.25) is 10.0 Å². The first-order chi connectivity index (χ1) is 14.2. The number of carbonyl (C=O) groups is 1. The number of benzene rings is 2. The average Bonchev–Trinajstić information content (AvgIpc) is 2.67. The van der Waals surface area contributed by atoms with Gasteiger partial charge in [-0.2, -0.15) is 14.0 Å². The van der Waals surface area contributed by atoms with Gasteiger partial charge in [0.25, 0.3) is 11.6 Å². The predicted octanol–water partition coefficient (Wildman–Crippen LogP) is 5.06. The van der Waals surface area contributed by atoms with Crippen molar-refractivity contribution in [3.05, 3.63) is 61.6 Å². The van der Waals surface area contributed by atoms with Crippen LogP contribution in [-0.4, -0.2) is 24.6 Å². The van der Waals surface area contributed by atoms with Gasteiger partial charge in [0, 0.05) is 5.02 Å². The molecule has 2 aromatic rings. The SMILES string of the molecule is COc1cc(/C=C(\C#N)C(=O)Nc2ccc(Cl)cc2Cl)c([N+](=O)[O-])cc1OC(F)F. The van der Waals surface area contributed by atoms with Gasteiger partial charge in [-0.25, -0.2) is 0 Å². The van der Waals surface area contributed by atoms with Gasteiger partial charge in [-0.05, 0) is 30.3 Å². The lowest BCUT2D eigenvalue weighted by Crippen LogP contribution is -2.14. The summed E-state index contributed by atoms with van der Waals surface area (Å²) in [6.45, 7) is -3.25. The first-order valence-electron chi connectivity index (χ1n) is 7.85. The number of nitrogens with zero attached hydrogens (tertiary/aromatic N) is 2. The van der Waals surface area contributed by atoms with E-state index >= 15 is 0 Å². The largest absolute Gasteiger partial charge is 0.493 e. The summed E-state index contributed by atoms with van der Waals surface area (Å²) in [6, 6.07) is 7.54. The molecule has 0 aliphatic carbocycles. The Morgan fingerprint density at radius 3 is 2.53 bits per heavy atom. The van der Waals surface area contributed by atoms with E-state index in [1.807, 2.05) is 0 Å². The second-order valence-corrected chi connectivity index (χ2v) is 6.29. The number of nitriles is 1. The maximum Gasteiger partial charge on any atom is 0.387 e. The number of ether oxygens (including phenoxy) is 2. The minimum atomic E-state index is -3.25. The van der Waals surface area contributed by atoms with E-state index in [0.29, 0.717) is 11.1 Å². The highest BCUT2D eigenvalue weighted by atomic mass is 35.5. The van der Waals surface area contributed by atoms with E-state index in [2.05, 4.69) is 10.1 Å². The van der Waals surface area contributed by atoms with Crippen LogP contribution in [0.4, 0.5) is 20.2 Å². The minimum absolute atomic E-state index is 0.106. The van der Waals surface area contributed by atoms with Crippen molar-refractivity contribution in [2.75, 3.05) is 12.4 Å². The van der Waals surface area contributed by atoms with Gasteiger partial charge in [0.1, 0.15) is 11.6 Å². The Bertz CT molecular complexity index is 1070. The third kappa shape index (κ3) is 5.56. The Morgan fingerprint density at radius 2 is 2.00 bits per heavy atom. The molecule has 0 bridgehead atoms. The lowest BCUT2D eigenvalue weighted by Gasteiger charge is -2.11. The number of methoxy groups -OCH3 is 1. The molecule has 0 radical (unpaired) electrons. The Morgan fingerprint density at radius 1 is 1.30 bits per heavy atom. The molecule has 1 N–H and O–H groups in total. The Hall–Kier alpha value is -3.42. The third-order valence-corrected chi connectivity index (χ3v) is 4.12. The number of nitro groups is 1. The predicted molar refractivity (Wildman–Crippen MR) is 105 cm³/mol. The highest BCUT2D eigenvalue weighted by Crippen LogP contribution is 2.36. The zero-order chi connectivity index (χ0) is 22.4. The molecule has 2 aromatic carbocycles. The highest BCUT2D eigenvalue weighted by Gasteiger charge is 2.22. The molecule has 0 unspecified atom stereocenters. The van der Waals surface area contributed by atoms with E-state index in [0.717, 1.165) is 19.3 Å². The van der Waals surface area contributed by atoms with E-state index in [1.54, 1.807) is 6.07 Å². The number of anilines is 1. The topological polar surface area (TPSA) is 114 Å². The fourth-order valence-corrected chi connectivity index (χ4v) is 2.73. The van der Waals surface area contributed by atoms with Crippen molar-refractivity contribution in [1.82, 2.24) is 0 Å². The number of halogens is 4. The van der Waals surface area contributed by atoms with E-state index in [4.69, 9.17) is 27.9 Å². The van der Waals surface area contributed by atoms with Crippen molar-refractivity contribution in [2.24, 2.45) is 0 Å². The second kappa shape index (κ2) is 9.87. The van der Waals surface area contributed by atoms with Crippen LogP contribution < -0.4 is 14.8 Å². The van der Waals surface area contributed by atoms with Gasteiger partial charge >= 0.3 is 6.61 Å². The molecule has 0 spiro atoms. The monoisotopic (exact) mass is 457 g/mol. The van der Waals surface area contributed by atoms with Crippen LogP contribution in [0.3, 0.4) is 0 Å². The molecule has 156 valence electrons. The molecule has 8 nitrogen and oxygen atoms in total. The summed E-state index contributed by atoms with van der Waals surface area (Å²) in [5.74, 6) is -1.75. The normalized spacial score (nSPS) is 11.0. The van der Waals surface area contributed by atoms with E-state index in [-0.39, 0.29) is 22.0 Å². The first kappa shape index (κ1) is 22.9. The number of amides is 1. The van der Waals surface area contributed by atoms with Gasteiger partial charge in [0.05, 0.1) is 34.4 Å². The maximum absolute atomic E-state index is 12.5. The summed E-state index contributed by atoms with van der Waals surface area (Å²) >= 11 is 11.7. The van der Waals surface area contributed by atoms with Crippen LogP contribution >= 0.6 is 23.2 Å². The lowest BCUT2D eigenvalue weighted by molar-refractivity contribution is -0.385. The number of nitrogens with one attached hydrogen (secondary N) is 1. The fraction of sp³-hybridized carbons (Fsp3) is 0.111. The maximum atomic E-state index is 12.5. The quantitative estimate of drug-likeness (QED) is 0.269. The van der Waals surface area contributed by atoms with Gasteiger partial charge in [-0.3, -0.25) is 14.9 Å². The van der Waals surface area contributed by atoms with Crippen LogP contribution in [0.15, 0.2) is 35.9 Å². The molecular formula is C18H11Cl2F2N3O5. The molecule has 0 fully saturated rings. The summed E-state index contributed by atoms with van der Waals surface area (Å²) in [5, 5.41) is 23.5. The molecule has 0 aromatic heterocycles. The van der Waals surface area contributed by atoms with E-state index in [9.17, 15) is 29.0 Å². The van der Waals surface area contributed by atoms with Crippen molar-refractivity contribution in [3.8, 4) is 17.6 Å². The zero-order valence-corrected chi connectivity index (χ0v) is 16.5. The minimum Gasteiger partial charge on any atom is -0.493 e. The van der Waals surface area contributed by atoms with E-state index < -0.39 is 34.5 Å². The second-order valence-electron chi connectivity index (χ2n) is 5.45. The number of nitro benzene ring substituents is 1. The fourth-order valence-electron chi connectivity index (χ4n) is 2.27. The van der Waals surface area contributed by atoms with Crippen molar-refractivity contribution in [2.45, 2.75) is 6.61 Å². The number of carbonyl (C=O) groups excluding carboxylic acids is 1. The lowest BCUT2D eigenvalue weighted by atomic mass is 10.1. The Kier molecular flexibility index (Phi) is 7.52. The van der Waals surface area contributed by atoms with Crippen molar-refractivity contribution < 1.29 is 28.0 Å². The molecule has 2 rings (SSSR count). The van der Waals surface area contributed by atoms with Gasteiger partial charge in [0.15, 0.2) is 11.5 Å². The van der Waals surface area contributed by atoms with Gasteiger partial charge in [-0.15, -0.1) is 0 Å². The molecule has 0 saturated carbocycles.